The molecule has 10 heavy (non-hydrogen) atoms. The first-order valence-corrected chi connectivity index (χ1v) is 2.98. The maximum atomic E-state index is 11.7. The van der Waals surface area contributed by atoms with Crippen molar-refractivity contribution in [3.63, 3.8) is 0 Å². The van der Waals surface area contributed by atoms with E-state index in [1.165, 1.54) is 20.2 Å². The van der Waals surface area contributed by atoms with E-state index in [9.17, 15) is 8.78 Å². The van der Waals surface area contributed by atoms with Gasteiger partial charge in [-0.2, -0.15) is 0 Å². The van der Waals surface area contributed by atoms with E-state index in [4.69, 9.17) is 5.73 Å². The summed E-state index contributed by atoms with van der Waals surface area (Å²) in [6, 6.07) is 0. The van der Waals surface area contributed by atoms with Crippen LogP contribution in [-0.2, 0) is 0 Å². The van der Waals surface area contributed by atoms with Crippen LogP contribution < -0.4 is 5.73 Å². The molecule has 4 heteroatoms. The Morgan fingerprint density at radius 2 is 2.20 bits per heavy atom. The first-order chi connectivity index (χ1) is 4.48. The molecule has 1 unspecified atom stereocenters. The van der Waals surface area contributed by atoms with E-state index in [0.29, 0.717) is 0 Å². The maximum absolute atomic E-state index is 11.7. The molecule has 0 aliphatic carbocycles. The molecule has 2 N–H and O–H groups in total. The van der Waals surface area contributed by atoms with Crippen molar-refractivity contribution in [1.82, 2.24) is 0 Å². The Labute approximate surface area is 59.1 Å². The lowest BCUT2D eigenvalue weighted by atomic mass is 10.0. The summed E-state index contributed by atoms with van der Waals surface area (Å²) in [6.07, 6.45) is -1.38. The second kappa shape index (κ2) is 3.61. The minimum absolute atomic E-state index is 0.343. The molecule has 0 rings (SSSR count). The number of hydrogen-bond acceptors (Lipinski definition) is 2. The number of nitrogens with two attached hydrogens (primary N) is 1. The number of rotatable bonds is 3. The Bertz CT molecular complexity index is 121. The molecule has 0 radical (unpaired) electrons. The highest BCUT2D eigenvalue weighted by Gasteiger charge is 2.20. The second-order valence-corrected chi connectivity index (χ2v) is 2.49. The Morgan fingerprint density at radius 3 is 2.50 bits per heavy atom. The van der Waals surface area contributed by atoms with Gasteiger partial charge < -0.3 is 5.73 Å². The summed E-state index contributed by atoms with van der Waals surface area (Å²) in [4.78, 5) is 3.58. The molecule has 0 bridgehead atoms. The Morgan fingerprint density at radius 1 is 1.70 bits per heavy atom. The van der Waals surface area contributed by atoms with Gasteiger partial charge in [0.05, 0.1) is 5.54 Å². The van der Waals surface area contributed by atoms with E-state index in [-0.39, 0.29) is 6.42 Å². The third-order valence-corrected chi connectivity index (χ3v) is 1.02. The largest absolute Gasteiger partial charge is 0.321 e. The zero-order valence-electron chi connectivity index (χ0n) is 6.14. The van der Waals surface area contributed by atoms with Crippen LogP contribution in [0.2, 0.25) is 0 Å². The average molecular weight is 150 g/mol. The van der Waals surface area contributed by atoms with Crippen LogP contribution in [0.4, 0.5) is 8.78 Å². The molecule has 2 nitrogen and oxygen atoms in total. The highest BCUT2D eigenvalue weighted by Crippen LogP contribution is 2.09. The third-order valence-electron chi connectivity index (χ3n) is 1.02. The molecule has 0 spiro atoms. The summed E-state index contributed by atoms with van der Waals surface area (Å²) < 4.78 is 23.4. The Balaban J connectivity index is 3.86. The normalized spacial score (nSPS) is 18.2. The number of halogens is 2. The fraction of sp³-hybridized carbons (Fsp3) is 0.833. The molecule has 0 saturated carbocycles. The number of hydrogen-bond donors (Lipinski definition) is 1. The second-order valence-electron chi connectivity index (χ2n) is 2.49. The molecule has 0 saturated heterocycles. The summed E-state index contributed by atoms with van der Waals surface area (Å²) in [5.41, 5.74) is 4.43. The topological polar surface area (TPSA) is 38.4 Å². The van der Waals surface area contributed by atoms with Gasteiger partial charge in [0.2, 0.25) is 6.43 Å². The molecule has 1 atom stereocenters. The van der Waals surface area contributed by atoms with Gasteiger partial charge in [-0.3, -0.25) is 4.99 Å². The van der Waals surface area contributed by atoms with Gasteiger partial charge >= 0.3 is 0 Å². The molecule has 0 aliphatic rings. The summed E-state index contributed by atoms with van der Waals surface area (Å²) in [7, 11) is 1.51. The maximum Gasteiger partial charge on any atom is 0.240 e. The van der Waals surface area contributed by atoms with Crippen molar-refractivity contribution in [1.29, 1.82) is 0 Å². The van der Waals surface area contributed by atoms with Crippen LogP contribution in [0, 0.1) is 0 Å². The zero-order chi connectivity index (χ0) is 8.20. The molecule has 0 heterocycles. The van der Waals surface area contributed by atoms with Crippen LogP contribution in [0.1, 0.15) is 13.3 Å². The van der Waals surface area contributed by atoms with Crippen LogP contribution in [0.15, 0.2) is 4.99 Å². The fourth-order valence-electron chi connectivity index (χ4n) is 0.680. The van der Waals surface area contributed by atoms with Crippen molar-refractivity contribution < 1.29 is 8.78 Å². The molecule has 0 fully saturated rings. The zero-order valence-corrected chi connectivity index (χ0v) is 6.14. The van der Waals surface area contributed by atoms with Crippen LogP contribution in [0.25, 0.3) is 0 Å². The Hall–Kier alpha value is -0.510. The van der Waals surface area contributed by atoms with Crippen molar-refractivity contribution in [2.45, 2.75) is 25.3 Å². The lowest BCUT2D eigenvalue weighted by Crippen LogP contribution is -2.39. The minimum atomic E-state index is -2.37. The first kappa shape index (κ1) is 9.49. The van der Waals surface area contributed by atoms with E-state index in [0.717, 1.165) is 0 Å². The van der Waals surface area contributed by atoms with E-state index in [2.05, 4.69) is 4.99 Å². The first-order valence-electron chi connectivity index (χ1n) is 2.98. The highest BCUT2D eigenvalue weighted by molar-refractivity contribution is 5.68. The van der Waals surface area contributed by atoms with Crippen molar-refractivity contribution in [3.8, 4) is 0 Å². The van der Waals surface area contributed by atoms with Crippen molar-refractivity contribution in [2.75, 3.05) is 7.05 Å². The molecular formula is C6H12F2N2. The fourth-order valence-corrected chi connectivity index (χ4v) is 0.680. The van der Waals surface area contributed by atoms with E-state index >= 15 is 0 Å². The lowest BCUT2D eigenvalue weighted by molar-refractivity contribution is 0.123. The van der Waals surface area contributed by atoms with Crippen molar-refractivity contribution in [3.05, 3.63) is 0 Å². The smallest absolute Gasteiger partial charge is 0.240 e. The quantitative estimate of drug-likeness (QED) is 0.600. The van der Waals surface area contributed by atoms with Crippen LogP contribution in [0.3, 0.4) is 0 Å². The monoisotopic (exact) mass is 150 g/mol. The highest BCUT2D eigenvalue weighted by atomic mass is 19.3. The number of aliphatic imine (C=N–C) groups is 1. The molecule has 0 aromatic carbocycles. The molecule has 0 amide bonds. The standard InChI is InChI=1S/C6H12F2N2/c1-6(9,4-10-2)3-5(7)8/h4-5H,3,9H2,1-2H3/b10-4-. The number of alkyl halides is 2. The minimum Gasteiger partial charge on any atom is -0.321 e. The third kappa shape index (κ3) is 4.38. The van der Waals surface area contributed by atoms with Gasteiger partial charge in [0.25, 0.3) is 0 Å². The summed E-state index contributed by atoms with van der Waals surface area (Å²) in [5.74, 6) is 0. The summed E-state index contributed by atoms with van der Waals surface area (Å²) in [6.45, 7) is 1.52. The van der Waals surface area contributed by atoms with Gasteiger partial charge in [0.15, 0.2) is 0 Å². The van der Waals surface area contributed by atoms with Crippen molar-refractivity contribution >= 4 is 6.21 Å². The predicted molar refractivity (Wildman–Crippen MR) is 37.6 cm³/mol. The van der Waals surface area contributed by atoms with Gasteiger partial charge in [-0.1, -0.05) is 0 Å². The van der Waals surface area contributed by atoms with Crippen LogP contribution >= 0.6 is 0 Å². The SMILES string of the molecule is C/N=C\C(C)(N)CC(F)F. The van der Waals surface area contributed by atoms with Gasteiger partial charge in [-0.05, 0) is 6.92 Å². The molecule has 0 aromatic rings. The van der Waals surface area contributed by atoms with Gasteiger partial charge in [-0.15, -0.1) is 0 Å². The Kier molecular flexibility index (Phi) is 3.42. The molecule has 0 aliphatic heterocycles. The summed E-state index contributed by atoms with van der Waals surface area (Å²) in [5, 5.41) is 0. The van der Waals surface area contributed by atoms with Crippen molar-refractivity contribution in [2.24, 2.45) is 10.7 Å². The van der Waals surface area contributed by atoms with E-state index in [1.807, 2.05) is 0 Å². The summed E-state index contributed by atoms with van der Waals surface area (Å²) >= 11 is 0. The lowest BCUT2D eigenvalue weighted by Gasteiger charge is -2.17. The van der Waals surface area contributed by atoms with E-state index in [1.54, 1.807) is 0 Å². The molecule has 0 aromatic heterocycles. The average Bonchev–Trinajstić information content (AvgIpc) is 1.59. The van der Waals surface area contributed by atoms with Gasteiger partial charge in [-0.25, -0.2) is 8.78 Å². The van der Waals surface area contributed by atoms with E-state index < -0.39 is 12.0 Å². The van der Waals surface area contributed by atoms with Crippen LogP contribution in [0.5, 0.6) is 0 Å². The molecular weight excluding hydrogens is 138 g/mol. The predicted octanol–water partition coefficient (Wildman–Crippen LogP) is 1.06. The van der Waals surface area contributed by atoms with Crippen LogP contribution in [-0.4, -0.2) is 25.2 Å². The molecule has 60 valence electrons. The number of nitrogens with zero attached hydrogens (tertiary/aromatic N) is 1. The van der Waals surface area contributed by atoms with Gasteiger partial charge in [0, 0.05) is 19.7 Å². The van der Waals surface area contributed by atoms with Gasteiger partial charge in [0.1, 0.15) is 0 Å².